The third-order valence-corrected chi connectivity index (χ3v) is 7.28. The summed E-state index contributed by atoms with van der Waals surface area (Å²) in [6.45, 7) is 1.08. The molecule has 0 aliphatic carbocycles. The molecule has 0 bridgehead atoms. The van der Waals surface area contributed by atoms with Gasteiger partial charge in [-0.3, -0.25) is 0 Å². The molecule has 0 saturated carbocycles. The molecule has 2 heterocycles. The zero-order chi connectivity index (χ0) is 25.8. The minimum Gasteiger partial charge on any atom is -0.741 e. The molecule has 0 radical (unpaired) electrons. The Balaban J connectivity index is 0.000000331. The molecule has 4 nitrogen and oxygen atoms in total. The van der Waals surface area contributed by atoms with E-state index in [-0.39, 0.29) is 0 Å². The van der Waals surface area contributed by atoms with Crippen molar-refractivity contribution in [2.24, 2.45) is 0 Å². The molecule has 0 fully saturated rings. The first-order valence-corrected chi connectivity index (χ1v) is 13.3. The molecular formula is C27H22F3NO3S2. The van der Waals surface area contributed by atoms with Gasteiger partial charge in [0.15, 0.2) is 10.1 Å². The Kier molecular flexibility index (Phi) is 7.73. The topological polar surface area (TPSA) is 69.2 Å². The average molecular weight is 530 g/mol. The Labute approximate surface area is 211 Å². The first-order valence-electron chi connectivity index (χ1n) is 11.1. The van der Waals surface area contributed by atoms with Gasteiger partial charge in [-0.05, 0) is 59.9 Å². The van der Waals surface area contributed by atoms with Crippen molar-refractivity contribution < 1.29 is 26.1 Å². The van der Waals surface area contributed by atoms with Crippen molar-refractivity contribution in [2.45, 2.75) is 18.3 Å². The molecule has 1 aliphatic rings. The zero-order valence-corrected chi connectivity index (χ0v) is 20.6. The summed E-state index contributed by atoms with van der Waals surface area (Å²) < 4.78 is 58.9. The highest BCUT2D eigenvalue weighted by molar-refractivity contribution is 7.86. The average Bonchev–Trinajstić information content (AvgIpc) is 2.88. The third kappa shape index (κ3) is 6.29. The van der Waals surface area contributed by atoms with E-state index in [9.17, 15) is 13.2 Å². The van der Waals surface area contributed by atoms with Gasteiger partial charge in [-0.1, -0.05) is 48.5 Å². The maximum atomic E-state index is 10.7. The fourth-order valence-corrected chi connectivity index (χ4v) is 4.92. The SMILES string of the molecule is O=S(=O)([O-])C(F)(F)F.c1ccc(-c2cc(-c3ccccc3)[s+]c(-c3ccc4c(c3)CCCN4)c2)cc1. The van der Waals surface area contributed by atoms with E-state index in [0.29, 0.717) is 0 Å². The fourth-order valence-electron chi connectivity index (χ4n) is 3.81. The third-order valence-electron chi connectivity index (χ3n) is 5.57. The molecule has 36 heavy (non-hydrogen) atoms. The molecule has 1 aliphatic heterocycles. The standard InChI is InChI=1S/C26H22NS.CHF3O3S/c1-3-8-19(9-4-1)23-17-25(20-10-5-2-6-11-20)28-26(18-23)22-13-14-24-21(16-22)12-7-15-27-24;2-1(3,4)8(5,6)7/h1-6,8-11,13-14,16-18,27H,7,12,15H2;(H,5,6,7)/q+1;/p-1. The van der Waals surface area contributed by atoms with Gasteiger partial charge < -0.3 is 9.87 Å². The number of aryl methyl sites for hydroxylation is 1. The number of alkyl halides is 3. The van der Waals surface area contributed by atoms with Crippen LogP contribution in [0.5, 0.6) is 0 Å². The first kappa shape index (κ1) is 25.8. The highest BCUT2D eigenvalue weighted by Crippen LogP contribution is 2.38. The summed E-state index contributed by atoms with van der Waals surface area (Å²) in [7, 11) is -6.09. The lowest BCUT2D eigenvalue weighted by Crippen LogP contribution is -2.21. The van der Waals surface area contributed by atoms with E-state index < -0.39 is 15.6 Å². The molecule has 0 spiro atoms. The maximum Gasteiger partial charge on any atom is 0.485 e. The van der Waals surface area contributed by atoms with Crippen molar-refractivity contribution in [2.75, 3.05) is 11.9 Å². The lowest BCUT2D eigenvalue weighted by Gasteiger charge is -2.17. The van der Waals surface area contributed by atoms with E-state index in [0.717, 1.165) is 13.0 Å². The molecule has 0 atom stereocenters. The molecule has 3 aromatic carbocycles. The van der Waals surface area contributed by atoms with Crippen molar-refractivity contribution in [1.29, 1.82) is 0 Å². The Bertz CT molecular complexity index is 1380. The second kappa shape index (κ2) is 10.8. The Morgan fingerprint density at radius 2 is 1.31 bits per heavy atom. The van der Waals surface area contributed by atoms with Gasteiger partial charge in [0, 0.05) is 35.5 Å². The first-order chi connectivity index (χ1) is 17.1. The Morgan fingerprint density at radius 1 is 0.750 bits per heavy atom. The molecule has 0 saturated heterocycles. The maximum absolute atomic E-state index is 10.7. The van der Waals surface area contributed by atoms with Crippen molar-refractivity contribution in [3.05, 3.63) is 96.6 Å². The minimum atomic E-state index is -6.09. The highest BCUT2D eigenvalue weighted by atomic mass is 32.2. The molecule has 5 rings (SSSR count). The molecule has 1 aromatic heterocycles. The number of fused-ring (bicyclic) bond motifs is 1. The molecule has 0 unspecified atom stereocenters. The van der Waals surface area contributed by atoms with Gasteiger partial charge in [0.2, 0.25) is 21.1 Å². The zero-order valence-electron chi connectivity index (χ0n) is 19.0. The van der Waals surface area contributed by atoms with Crippen LogP contribution in [0.3, 0.4) is 0 Å². The largest absolute Gasteiger partial charge is 0.741 e. The van der Waals surface area contributed by atoms with Gasteiger partial charge in [0.1, 0.15) is 0 Å². The van der Waals surface area contributed by atoms with E-state index in [2.05, 4.69) is 96.3 Å². The van der Waals surface area contributed by atoms with Gasteiger partial charge in [-0.15, -0.1) is 0 Å². The van der Waals surface area contributed by atoms with Crippen LogP contribution in [-0.2, 0) is 16.5 Å². The van der Waals surface area contributed by atoms with Crippen molar-refractivity contribution in [3.8, 4) is 32.0 Å². The number of rotatable bonds is 3. The number of hydrogen-bond donors (Lipinski definition) is 1. The number of halogens is 3. The van der Waals surface area contributed by atoms with Crippen LogP contribution in [0.15, 0.2) is 91.0 Å². The monoisotopic (exact) mass is 529 g/mol. The second-order valence-electron chi connectivity index (χ2n) is 8.11. The van der Waals surface area contributed by atoms with Gasteiger partial charge in [0.05, 0.1) is 0 Å². The summed E-state index contributed by atoms with van der Waals surface area (Å²) in [5, 5.41) is 3.52. The highest BCUT2D eigenvalue weighted by Gasteiger charge is 2.36. The normalized spacial score (nSPS) is 13.1. The molecule has 9 heteroatoms. The van der Waals surface area contributed by atoms with Crippen LogP contribution in [0.1, 0.15) is 12.0 Å². The second-order valence-corrected chi connectivity index (χ2v) is 10.6. The molecule has 186 valence electrons. The smallest absolute Gasteiger partial charge is 0.485 e. The minimum absolute atomic E-state index is 1.08. The van der Waals surface area contributed by atoms with Crippen molar-refractivity contribution in [1.82, 2.24) is 0 Å². The number of nitrogens with one attached hydrogen (secondary N) is 1. The van der Waals surface area contributed by atoms with Crippen LogP contribution in [0.25, 0.3) is 32.0 Å². The van der Waals surface area contributed by atoms with E-state index >= 15 is 0 Å². The molecule has 4 aromatic rings. The van der Waals surface area contributed by atoms with Crippen molar-refractivity contribution >= 4 is 27.1 Å². The van der Waals surface area contributed by atoms with Crippen LogP contribution in [-0.4, -0.2) is 25.0 Å². The number of benzene rings is 3. The number of anilines is 1. The van der Waals surface area contributed by atoms with E-state index in [1.165, 1.54) is 49.7 Å². The van der Waals surface area contributed by atoms with E-state index in [1.54, 1.807) is 0 Å². The quantitative estimate of drug-likeness (QED) is 0.170. The van der Waals surface area contributed by atoms with E-state index in [1.807, 2.05) is 11.3 Å². The molecule has 1 N–H and O–H groups in total. The summed E-state index contributed by atoms with van der Waals surface area (Å²) in [5.41, 5.74) is 2.18. The van der Waals surface area contributed by atoms with Crippen LogP contribution in [0.4, 0.5) is 18.9 Å². The number of hydrogen-bond acceptors (Lipinski definition) is 4. The Hall–Kier alpha value is -3.27. The fraction of sp³-hybridized carbons (Fsp3) is 0.148. The van der Waals surface area contributed by atoms with Crippen LogP contribution in [0.2, 0.25) is 0 Å². The predicted molar refractivity (Wildman–Crippen MR) is 138 cm³/mol. The van der Waals surface area contributed by atoms with E-state index in [4.69, 9.17) is 13.0 Å². The van der Waals surface area contributed by atoms with Gasteiger partial charge >= 0.3 is 5.51 Å². The summed E-state index contributed by atoms with van der Waals surface area (Å²) in [4.78, 5) is 2.61. The van der Waals surface area contributed by atoms with Crippen LogP contribution in [0, 0.1) is 0 Å². The summed E-state index contributed by atoms with van der Waals surface area (Å²) in [6, 6.07) is 32.9. The van der Waals surface area contributed by atoms with Gasteiger partial charge in [-0.2, -0.15) is 13.2 Å². The predicted octanol–water partition coefficient (Wildman–Crippen LogP) is 7.44. The molecule has 0 amide bonds. The Morgan fingerprint density at radius 3 is 1.89 bits per heavy atom. The summed E-state index contributed by atoms with van der Waals surface area (Å²) in [6.07, 6.45) is 2.37. The summed E-state index contributed by atoms with van der Waals surface area (Å²) in [5.74, 6) is 0. The lowest BCUT2D eigenvalue weighted by molar-refractivity contribution is -0.0517. The van der Waals surface area contributed by atoms with Gasteiger partial charge in [0.25, 0.3) is 0 Å². The van der Waals surface area contributed by atoms with Crippen molar-refractivity contribution in [3.63, 3.8) is 0 Å². The van der Waals surface area contributed by atoms with Crippen LogP contribution < -0.4 is 5.32 Å². The van der Waals surface area contributed by atoms with Gasteiger partial charge in [-0.25, -0.2) is 8.42 Å². The molecular weight excluding hydrogens is 507 g/mol. The lowest BCUT2D eigenvalue weighted by atomic mass is 9.99. The van der Waals surface area contributed by atoms with Crippen LogP contribution >= 0.6 is 11.3 Å². The summed E-state index contributed by atoms with van der Waals surface area (Å²) >= 11 is 1.87.